The van der Waals surface area contributed by atoms with Crippen LogP contribution < -0.4 is 15.2 Å². The number of hydrogen-bond acceptors (Lipinski definition) is 5. The Hall–Kier alpha value is -2.47. The summed E-state index contributed by atoms with van der Waals surface area (Å²) >= 11 is 3.38. The van der Waals surface area contributed by atoms with Crippen molar-refractivity contribution in [2.75, 3.05) is 20.0 Å². The largest absolute Gasteiger partial charge is 0.497 e. The molecule has 1 aromatic heterocycles. The number of fused-ring (bicyclic) bond motifs is 1. The van der Waals surface area contributed by atoms with Crippen molar-refractivity contribution in [2.45, 2.75) is 0 Å². The van der Waals surface area contributed by atoms with E-state index in [1.54, 1.807) is 24.3 Å². The number of carbonyl (C=O) groups excluding carboxylic acids is 1. The lowest BCUT2D eigenvalue weighted by Gasteiger charge is -2.08. The Kier molecular flexibility index (Phi) is 4.00. The minimum atomic E-state index is -0.356. The van der Waals surface area contributed by atoms with E-state index in [1.165, 1.54) is 14.2 Å². The fraction of sp³-hybridized carbons (Fsp3) is 0.118. The standard InChI is InChI=1S/C17H14BrNO4/c1-21-10-4-6-13(22-2)12(8-10)16(20)17-15(19)11-7-9(18)3-5-14(11)23-17/h3-8H,19H2,1-2H3. The molecule has 5 nitrogen and oxygen atoms in total. The van der Waals surface area contributed by atoms with Crippen LogP contribution in [0.2, 0.25) is 0 Å². The maximum Gasteiger partial charge on any atom is 0.234 e. The van der Waals surface area contributed by atoms with Gasteiger partial charge in [-0.05, 0) is 36.4 Å². The molecule has 0 radical (unpaired) electrons. The summed E-state index contributed by atoms with van der Waals surface area (Å²) in [6.07, 6.45) is 0. The number of hydrogen-bond donors (Lipinski definition) is 1. The molecule has 3 rings (SSSR count). The van der Waals surface area contributed by atoms with Gasteiger partial charge in [-0.1, -0.05) is 15.9 Å². The molecule has 0 saturated carbocycles. The highest BCUT2D eigenvalue weighted by atomic mass is 79.9. The molecule has 0 aliphatic carbocycles. The van der Waals surface area contributed by atoms with Gasteiger partial charge in [0.2, 0.25) is 5.78 Å². The summed E-state index contributed by atoms with van der Waals surface area (Å²) in [6, 6.07) is 10.4. The van der Waals surface area contributed by atoms with E-state index in [-0.39, 0.29) is 11.5 Å². The zero-order chi connectivity index (χ0) is 16.6. The fourth-order valence-corrected chi connectivity index (χ4v) is 2.73. The average Bonchev–Trinajstić information content (AvgIpc) is 2.90. The van der Waals surface area contributed by atoms with E-state index < -0.39 is 0 Å². The number of nitrogen functional groups attached to an aromatic ring is 1. The Labute approximate surface area is 141 Å². The molecule has 0 spiro atoms. The van der Waals surface area contributed by atoms with Crippen LogP contribution >= 0.6 is 15.9 Å². The minimum Gasteiger partial charge on any atom is -0.497 e. The smallest absolute Gasteiger partial charge is 0.234 e. The van der Waals surface area contributed by atoms with Gasteiger partial charge in [-0.25, -0.2) is 0 Å². The van der Waals surface area contributed by atoms with Gasteiger partial charge in [-0.2, -0.15) is 0 Å². The van der Waals surface area contributed by atoms with Crippen LogP contribution in [0.25, 0.3) is 11.0 Å². The lowest BCUT2D eigenvalue weighted by molar-refractivity contribution is 0.101. The van der Waals surface area contributed by atoms with E-state index in [4.69, 9.17) is 19.6 Å². The van der Waals surface area contributed by atoms with Crippen LogP contribution in [0.15, 0.2) is 45.3 Å². The number of nitrogens with two attached hydrogens (primary N) is 1. The van der Waals surface area contributed by atoms with Crippen molar-refractivity contribution in [3.8, 4) is 11.5 Å². The van der Waals surface area contributed by atoms with E-state index in [0.29, 0.717) is 33.7 Å². The second-order valence-corrected chi connectivity index (χ2v) is 5.80. The van der Waals surface area contributed by atoms with E-state index >= 15 is 0 Å². The van der Waals surface area contributed by atoms with Crippen molar-refractivity contribution in [1.82, 2.24) is 0 Å². The summed E-state index contributed by atoms with van der Waals surface area (Å²) in [5, 5.41) is 0.685. The summed E-state index contributed by atoms with van der Waals surface area (Å²) < 4.78 is 16.9. The Balaban J connectivity index is 2.15. The average molecular weight is 376 g/mol. The number of furan rings is 1. The quantitative estimate of drug-likeness (QED) is 0.696. The van der Waals surface area contributed by atoms with Crippen molar-refractivity contribution < 1.29 is 18.7 Å². The molecule has 0 unspecified atom stereocenters. The SMILES string of the molecule is COc1ccc(OC)c(C(=O)c2oc3ccc(Br)cc3c2N)c1. The molecule has 0 atom stereocenters. The predicted octanol–water partition coefficient (Wildman–Crippen LogP) is 4.03. The van der Waals surface area contributed by atoms with Gasteiger partial charge >= 0.3 is 0 Å². The van der Waals surface area contributed by atoms with Crippen LogP contribution in [-0.2, 0) is 0 Å². The van der Waals surface area contributed by atoms with Crippen molar-refractivity contribution in [2.24, 2.45) is 0 Å². The number of benzene rings is 2. The van der Waals surface area contributed by atoms with Crippen LogP contribution in [0.4, 0.5) is 5.69 Å². The molecule has 0 amide bonds. The van der Waals surface area contributed by atoms with Crippen molar-refractivity contribution in [3.05, 3.63) is 52.2 Å². The highest BCUT2D eigenvalue weighted by Gasteiger charge is 2.23. The highest BCUT2D eigenvalue weighted by Crippen LogP contribution is 2.34. The number of carbonyl (C=O) groups is 1. The van der Waals surface area contributed by atoms with Gasteiger partial charge < -0.3 is 19.6 Å². The zero-order valence-corrected chi connectivity index (χ0v) is 14.1. The summed E-state index contributed by atoms with van der Waals surface area (Å²) in [4.78, 5) is 12.8. The summed E-state index contributed by atoms with van der Waals surface area (Å²) in [6.45, 7) is 0. The number of methoxy groups -OCH3 is 2. The summed E-state index contributed by atoms with van der Waals surface area (Å²) in [5.41, 5.74) is 7.28. The maximum absolute atomic E-state index is 12.8. The predicted molar refractivity (Wildman–Crippen MR) is 91.3 cm³/mol. The first-order valence-corrected chi connectivity index (χ1v) is 7.58. The van der Waals surface area contributed by atoms with Crippen molar-refractivity contribution in [1.29, 1.82) is 0 Å². The van der Waals surface area contributed by atoms with Crippen LogP contribution in [0.1, 0.15) is 16.1 Å². The van der Waals surface area contributed by atoms with Crippen LogP contribution in [0.5, 0.6) is 11.5 Å². The normalized spacial score (nSPS) is 10.7. The first-order valence-electron chi connectivity index (χ1n) is 6.79. The molecule has 6 heteroatoms. The molecule has 2 N–H and O–H groups in total. The molecule has 2 aromatic carbocycles. The molecule has 0 aliphatic rings. The van der Waals surface area contributed by atoms with Gasteiger partial charge in [0.15, 0.2) is 5.76 Å². The van der Waals surface area contributed by atoms with E-state index in [1.807, 2.05) is 12.1 Å². The molecule has 0 fully saturated rings. The molecular formula is C17H14BrNO4. The van der Waals surface area contributed by atoms with E-state index in [2.05, 4.69) is 15.9 Å². The summed E-state index contributed by atoms with van der Waals surface area (Å²) in [7, 11) is 3.03. The Morgan fingerprint density at radius 1 is 1.13 bits per heavy atom. The Bertz CT molecular complexity index is 901. The van der Waals surface area contributed by atoms with Crippen LogP contribution in [0, 0.1) is 0 Å². The van der Waals surface area contributed by atoms with Crippen LogP contribution in [0.3, 0.4) is 0 Å². The monoisotopic (exact) mass is 375 g/mol. The zero-order valence-electron chi connectivity index (χ0n) is 12.6. The first kappa shape index (κ1) is 15.4. The third-order valence-corrected chi connectivity index (χ3v) is 4.04. The van der Waals surface area contributed by atoms with Gasteiger partial charge in [0.25, 0.3) is 0 Å². The second kappa shape index (κ2) is 5.96. The molecule has 3 aromatic rings. The van der Waals surface area contributed by atoms with Gasteiger partial charge in [0, 0.05) is 9.86 Å². The minimum absolute atomic E-state index is 0.0876. The fourth-order valence-electron chi connectivity index (χ4n) is 2.37. The van der Waals surface area contributed by atoms with Crippen LogP contribution in [-0.4, -0.2) is 20.0 Å². The maximum atomic E-state index is 12.8. The Morgan fingerprint density at radius 3 is 2.61 bits per heavy atom. The molecule has 0 bridgehead atoms. The van der Waals surface area contributed by atoms with E-state index in [0.717, 1.165) is 4.47 Å². The number of ketones is 1. The molecule has 23 heavy (non-hydrogen) atoms. The van der Waals surface area contributed by atoms with Gasteiger partial charge in [0.05, 0.1) is 25.5 Å². The third-order valence-electron chi connectivity index (χ3n) is 3.55. The third kappa shape index (κ3) is 2.66. The molecule has 0 aliphatic heterocycles. The molecular weight excluding hydrogens is 362 g/mol. The van der Waals surface area contributed by atoms with E-state index in [9.17, 15) is 4.79 Å². The lowest BCUT2D eigenvalue weighted by atomic mass is 10.1. The summed E-state index contributed by atoms with van der Waals surface area (Å²) in [5.74, 6) is 0.707. The number of rotatable bonds is 4. The molecule has 0 saturated heterocycles. The number of halogens is 1. The second-order valence-electron chi connectivity index (χ2n) is 4.88. The first-order chi connectivity index (χ1) is 11.0. The topological polar surface area (TPSA) is 74.7 Å². The van der Waals surface area contributed by atoms with Crippen molar-refractivity contribution >= 4 is 38.4 Å². The molecule has 118 valence electrons. The van der Waals surface area contributed by atoms with Gasteiger partial charge in [-0.15, -0.1) is 0 Å². The van der Waals surface area contributed by atoms with Gasteiger partial charge in [0.1, 0.15) is 17.1 Å². The lowest BCUT2D eigenvalue weighted by Crippen LogP contribution is -2.05. The number of anilines is 1. The Morgan fingerprint density at radius 2 is 1.91 bits per heavy atom. The highest BCUT2D eigenvalue weighted by molar-refractivity contribution is 9.10. The number of ether oxygens (including phenoxy) is 2. The molecule has 1 heterocycles. The van der Waals surface area contributed by atoms with Crippen molar-refractivity contribution in [3.63, 3.8) is 0 Å². The van der Waals surface area contributed by atoms with Gasteiger partial charge in [-0.3, -0.25) is 4.79 Å².